The molecule has 1 heterocycles. The molecule has 33 heavy (non-hydrogen) atoms. The first kappa shape index (κ1) is 21.9. The standard InChI is InChI=1S/C31H32OSi/c1-5-14-24-26(21-32-2)28(22-15-8-6-9-16-22)30-25-19-12-13-20-27(25)33(3,4)31(30)29(24)23-17-10-7-11-18-23/h6-13,15-20H,5,14,21H2,1-4H3. The van der Waals surface area contributed by atoms with E-state index in [2.05, 4.69) is 105 Å². The van der Waals surface area contributed by atoms with Crippen LogP contribution in [0.1, 0.15) is 24.5 Å². The number of hydrogen-bond donors (Lipinski definition) is 0. The lowest BCUT2D eigenvalue weighted by atomic mass is 9.82. The molecular weight excluding hydrogens is 416 g/mol. The van der Waals surface area contributed by atoms with Crippen molar-refractivity contribution in [3.05, 3.63) is 96.1 Å². The number of hydrogen-bond acceptors (Lipinski definition) is 1. The van der Waals surface area contributed by atoms with Crippen LogP contribution in [0.3, 0.4) is 0 Å². The molecular formula is C31H32OSi. The third kappa shape index (κ3) is 3.49. The summed E-state index contributed by atoms with van der Waals surface area (Å²) >= 11 is 0. The zero-order valence-corrected chi connectivity index (χ0v) is 21.1. The normalized spacial score (nSPS) is 13.6. The Bertz CT molecular complexity index is 1290. The summed E-state index contributed by atoms with van der Waals surface area (Å²) in [4.78, 5) is 0. The molecule has 0 aromatic heterocycles. The molecule has 1 aliphatic heterocycles. The van der Waals surface area contributed by atoms with Gasteiger partial charge >= 0.3 is 0 Å². The van der Waals surface area contributed by atoms with E-state index in [9.17, 15) is 0 Å². The quantitative estimate of drug-likeness (QED) is 0.291. The van der Waals surface area contributed by atoms with Gasteiger partial charge in [-0.15, -0.1) is 0 Å². The molecule has 0 saturated carbocycles. The Balaban J connectivity index is 2.02. The van der Waals surface area contributed by atoms with Crippen molar-refractivity contribution >= 4 is 18.4 Å². The van der Waals surface area contributed by atoms with Crippen molar-refractivity contribution in [1.82, 2.24) is 0 Å². The smallest absolute Gasteiger partial charge is 0.114 e. The van der Waals surface area contributed by atoms with Crippen LogP contribution < -0.4 is 10.4 Å². The van der Waals surface area contributed by atoms with Gasteiger partial charge in [0.25, 0.3) is 0 Å². The van der Waals surface area contributed by atoms with Crippen molar-refractivity contribution in [2.24, 2.45) is 0 Å². The molecule has 4 aromatic carbocycles. The van der Waals surface area contributed by atoms with Crippen LogP contribution in [0.25, 0.3) is 33.4 Å². The molecule has 0 spiro atoms. The lowest BCUT2D eigenvalue weighted by Gasteiger charge is -2.29. The number of fused-ring (bicyclic) bond motifs is 3. The second-order valence-corrected chi connectivity index (χ2v) is 13.8. The predicted octanol–water partition coefficient (Wildman–Crippen LogP) is 6.92. The van der Waals surface area contributed by atoms with E-state index in [4.69, 9.17) is 4.74 Å². The van der Waals surface area contributed by atoms with Crippen LogP contribution in [0.2, 0.25) is 13.1 Å². The lowest BCUT2D eigenvalue weighted by Crippen LogP contribution is -2.50. The highest BCUT2D eigenvalue weighted by Crippen LogP contribution is 2.45. The number of ether oxygens (including phenoxy) is 1. The van der Waals surface area contributed by atoms with Gasteiger partial charge in [0.05, 0.1) is 6.61 Å². The highest BCUT2D eigenvalue weighted by molar-refractivity contribution is 7.04. The Hall–Kier alpha value is -2.94. The van der Waals surface area contributed by atoms with Gasteiger partial charge in [-0.05, 0) is 61.3 Å². The first-order chi connectivity index (χ1) is 16.1. The first-order valence-corrected chi connectivity index (χ1v) is 15.0. The average molecular weight is 449 g/mol. The predicted molar refractivity (Wildman–Crippen MR) is 144 cm³/mol. The number of rotatable bonds is 6. The van der Waals surface area contributed by atoms with Gasteiger partial charge in [-0.25, -0.2) is 0 Å². The zero-order valence-electron chi connectivity index (χ0n) is 20.1. The zero-order chi connectivity index (χ0) is 23.0. The maximum atomic E-state index is 5.88. The van der Waals surface area contributed by atoms with Crippen molar-refractivity contribution in [1.29, 1.82) is 0 Å². The molecule has 0 N–H and O–H groups in total. The summed E-state index contributed by atoms with van der Waals surface area (Å²) in [7, 11) is -0.0942. The number of benzene rings is 4. The molecule has 0 saturated heterocycles. The summed E-state index contributed by atoms with van der Waals surface area (Å²) in [5.41, 5.74) is 11.1. The number of methoxy groups -OCH3 is 1. The SMILES string of the molecule is CCCc1c(COC)c(-c2ccccc2)c2c(c1-c1ccccc1)[Si](C)(C)c1ccccc1-2. The minimum atomic E-state index is -1.92. The summed E-state index contributed by atoms with van der Waals surface area (Å²) in [6.07, 6.45) is 2.16. The Morgan fingerprint density at radius 3 is 1.85 bits per heavy atom. The maximum Gasteiger partial charge on any atom is 0.114 e. The van der Waals surface area contributed by atoms with E-state index in [0.717, 1.165) is 12.8 Å². The van der Waals surface area contributed by atoms with Gasteiger partial charge in [0.15, 0.2) is 0 Å². The van der Waals surface area contributed by atoms with E-state index in [0.29, 0.717) is 6.61 Å². The Kier molecular flexibility index (Phi) is 5.82. The Morgan fingerprint density at radius 1 is 0.667 bits per heavy atom. The second-order valence-electron chi connectivity index (χ2n) is 9.54. The lowest BCUT2D eigenvalue weighted by molar-refractivity contribution is 0.184. The monoisotopic (exact) mass is 448 g/mol. The van der Waals surface area contributed by atoms with Crippen LogP contribution in [0, 0.1) is 0 Å². The third-order valence-electron chi connectivity index (χ3n) is 7.13. The van der Waals surface area contributed by atoms with Gasteiger partial charge in [-0.2, -0.15) is 0 Å². The average Bonchev–Trinajstić information content (AvgIpc) is 3.08. The molecule has 0 bridgehead atoms. The van der Waals surface area contributed by atoms with Crippen molar-refractivity contribution in [2.45, 2.75) is 39.5 Å². The van der Waals surface area contributed by atoms with E-state index < -0.39 is 8.07 Å². The summed E-state index contributed by atoms with van der Waals surface area (Å²) in [6.45, 7) is 7.98. The fourth-order valence-electron chi connectivity index (χ4n) is 5.80. The van der Waals surface area contributed by atoms with E-state index in [1.807, 2.05) is 7.11 Å². The highest BCUT2D eigenvalue weighted by Gasteiger charge is 2.42. The Morgan fingerprint density at radius 2 is 1.24 bits per heavy atom. The molecule has 1 aliphatic rings. The minimum absolute atomic E-state index is 0.622. The first-order valence-electron chi connectivity index (χ1n) is 12.0. The molecule has 0 aliphatic carbocycles. The van der Waals surface area contributed by atoms with Gasteiger partial charge in [-0.1, -0.05) is 111 Å². The highest BCUT2D eigenvalue weighted by atomic mass is 28.3. The van der Waals surface area contributed by atoms with Crippen LogP contribution in [-0.2, 0) is 17.8 Å². The molecule has 5 rings (SSSR count). The van der Waals surface area contributed by atoms with Crippen LogP contribution in [0.5, 0.6) is 0 Å². The van der Waals surface area contributed by atoms with Crippen LogP contribution >= 0.6 is 0 Å². The molecule has 0 amide bonds. The van der Waals surface area contributed by atoms with Gasteiger partial charge < -0.3 is 4.74 Å². The van der Waals surface area contributed by atoms with Gasteiger partial charge in [-0.3, -0.25) is 0 Å². The fourth-order valence-corrected chi connectivity index (χ4v) is 9.27. The molecule has 0 radical (unpaired) electrons. The van der Waals surface area contributed by atoms with Crippen LogP contribution in [0.15, 0.2) is 84.9 Å². The summed E-state index contributed by atoms with van der Waals surface area (Å²) in [6, 6.07) is 31.1. The topological polar surface area (TPSA) is 9.23 Å². The maximum absolute atomic E-state index is 5.88. The molecule has 0 atom stereocenters. The second kappa shape index (κ2) is 8.77. The van der Waals surface area contributed by atoms with E-state index in [-0.39, 0.29) is 0 Å². The van der Waals surface area contributed by atoms with Gasteiger partial charge in [0, 0.05) is 7.11 Å². The van der Waals surface area contributed by atoms with Gasteiger partial charge in [0.2, 0.25) is 0 Å². The van der Waals surface area contributed by atoms with E-state index >= 15 is 0 Å². The van der Waals surface area contributed by atoms with Gasteiger partial charge in [0.1, 0.15) is 8.07 Å². The van der Waals surface area contributed by atoms with Crippen molar-refractivity contribution in [3.8, 4) is 33.4 Å². The van der Waals surface area contributed by atoms with E-state index in [1.54, 1.807) is 10.4 Å². The molecule has 0 fully saturated rings. The van der Waals surface area contributed by atoms with Crippen molar-refractivity contribution < 1.29 is 4.74 Å². The Labute approximate surface area is 199 Å². The summed E-state index contributed by atoms with van der Waals surface area (Å²) in [5.74, 6) is 0. The minimum Gasteiger partial charge on any atom is -0.380 e. The third-order valence-corrected chi connectivity index (χ3v) is 10.7. The molecule has 0 unspecified atom stereocenters. The molecule has 166 valence electrons. The summed E-state index contributed by atoms with van der Waals surface area (Å²) in [5, 5.41) is 3.14. The fraction of sp³-hybridized carbons (Fsp3) is 0.226. The molecule has 4 aromatic rings. The van der Waals surface area contributed by atoms with Crippen LogP contribution in [0.4, 0.5) is 0 Å². The van der Waals surface area contributed by atoms with E-state index in [1.165, 1.54) is 44.5 Å². The van der Waals surface area contributed by atoms with Crippen molar-refractivity contribution in [2.75, 3.05) is 7.11 Å². The summed E-state index contributed by atoms with van der Waals surface area (Å²) < 4.78 is 5.88. The molecule has 2 heteroatoms. The largest absolute Gasteiger partial charge is 0.380 e. The van der Waals surface area contributed by atoms with Crippen molar-refractivity contribution in [3.63, 3.8) is 0 Å². The molecule has 1 nitrogen and oxygen atoms in total. The van der Waals surface area contributed by atoms with Crippen LogP contribution in [-0.4, -0.2) is 15.2 Å².